The zero-order valence-corrected chi connectivity index (χ0v) is 22.5. The lowest BCUT2D eigenvalue weighted by Crippen LogP contribution is -2.41. The van der Waals surface area contributed by atoms with Crippen LogP contribution in [0.4, 0.5) is 0 Å². The standard InChI is InChI=1S/C28H46O6S/c1-3-4-5-6-7-8-9-10-11-14-23(34-26-15-12-13-20-33-26)21-25(29)27(28(30)31)35(32)24-18-16-22(2)17-19-24/h16-19,23,25-27,29H,3-15,20-21H2,1-2H3,(H,30,31)/t23?,25?,26?,27-,35-/m1/s1. The van der Waals surface area contributed by atoms with Gasteiger partial charge >= 0.3 is 5.97 Å². The Morgan fingerprint density at radius 2 is 1.69 bits per heavy atom. The third kappa shape index (κ3) is 11.5. The lowest BCUT2D eigenvalue weighted by Gasteiger charge is -2.30. The van der Waals surface area contributed by atoms with Gasteiger partial charge in [-0.05, 0) is 44.7 Å². The van der Waals surface area contributed by atoms with E-state index >= 15 is 0 Å². The first-order valence-corrected chi connectivity index (χ1v) is 14.8. The first-order chi connectivity index (χ1) is 16.9. The van der Waals surface area contributed by atoms with Gasteiger partial charge < -0.3 is 19.7 Å². The average Bonchev–Trinajstić information content (AvgIpc) is 2.83. The number of ether oxygens (including phenoxy) is 2. The molecule has 0 saturated carbocycles. The predicted molar refractivity (Wildman–Crippen MR) is 140 cm³/mol. The van der Waals surface area contributed by atoms with Crippen molar-refractivity contribution in [2.75, 3.05) is 6.61 Å². The van der Waals surface area contributed by atoms with Crippen molar-refractivity contribution in [3.8, 4) is 0 Å². The van der Waals surface area contributed by atoms with Crippen LogP contribution in [0.15, 0.2) is 29.2 Å². The zero-order valence-electron chi connectivity index (χ0n) is 21.7. The Morgan fingerprint density at radius 1 is 1.06 bits per heavy atom. The Balaban J connectivity index is 1.91. The van der Waals surface area contributed by atoms with E-state index in [0.717, 1.165) is 44.1 Å². The molecule has 0 bridgehead atoms. The highest BCUT2D eigenvalue weighted by Crippen LogP contribution is 2.24. The number of aliphatic hydroxyl groups is 1. The molecule has 1 saturated heterocycles. The molecule has 1 aliphatic rings. The maximum Gasteiger partial charge on any atom is 0.322 e. The molecule has 0 amide bonds. The molecule has 200 valence electrons. The summed E-state index contributed by atoms with van der Waals surface area (Å²) in [5, 5.41) is 19.3. The third-order valence-corrected chi connectivity index (χ3v) is 8.41. The second-order valence-electron chi connectivity index (χ2n) is 9.84. The molecule has 1 fully saturated rings. The smallest absolute Gasteiger partial charge is 0.322 e. The Bertz CT molecular complexity index is 731. The minimum Gasteiger partial charge on any atom is -0.480 e. The van der Waals surface area contributed by atoms with Gasteiger partial charge in [0.2, 0.25) is 0 Å². The SMILES string of the molecule is CCCCCCCCCCCC(CC(O)[C@H](C(=O)O)[S@](=O)c1ccc(C)cc1)OC1CCCCO1. The van der Waals surface area contributed by atoms with E-state index in [0.29, 0.717) is 11.5 Å². The van der Waals surface area contributed by atoms with Gasteiger partial charge in [-0.3, -0.25) is 9.00 Å². The van der Waals surface area contributed by atoms with Gasteiger partial charge in [0.05, 0.1) is 23.0 Å². The first kappa shape index (κ1) is 29.9. The molecule has 2 rings (SSSR count). The Labute approximate surface area is 214 Å². The number of carbonyl (C=O) groups is 1. The Kier molecular flexibility index (Phi) is 14.7. The molecule has 3 unspecified atom stereocenters. The van der Waals surface area contributed by atoms with E-state index in [1.165, 1.54) is 44.9 Å². The van der Waals surface area contributed by atoms with Crippen molar-refractivity contribution in [1.82, 2.24) is 0 Å². The minimum absolute atomic E-state index is 0.130. The zero-order chi connectivity index (χ0) is 25.5. The molecule has 1 heterocycles. The Morgan fingerprint density at radius 3 is 2.26 bits per heavy atom. The van der Waals surface area contributed by atoms with Gasteiger partial charge in [0.1, 0.15) is 0 Å². The first-order valence-electron chi connectivity index (χ1n) is 13.6. The van der Waals surface area contributed by atoms with E-state index in [-0.39, 0.29) is 18.8 Å². The fraction of sp³-hybridized carbons (Fsp3) is 0.750. The van der Waals surface area contributed by atoms with Crippen LogP contribution in [0.25, 0.3) is 0 Å². The van der Waals surface area contributed by atoms with E-state index < -0.39 is 28.1 Å². The normalized spacial score (nSPS) is 19.7. The number of aliphatic hydroxyl groups excluding tert-OH is 1. The number of unbranched alkanes of at least 4 members (excludes halogenated alkanes) is 8. The summed E-state index contributed by atoms with van der Waals surface area (Å²) in [6, 6.07) is 6.93. The van der Waals surface area contributed by atoms with E-state index in [1.807, 2.05) is 6.92 Å². The fourth-order valence-electron chi connectivity index (χ4n) is 4.57. The molecule has 0 aliphatic carbocycles. The maximum atomic E-state index is 13.0. The molecule has 5 atom stereocenters. The highest BCUT2D eigenvalue weighted by Gasteiger charge is 2.35. The summed E-state index contributed by atoms with van der Waals surface area (Å²) < 4.78 is 25.0. The van der Waals surface area contributed by atoms with Gasteiger partial charge in [0.25, 0.3) is 0 Å². The maximum absolute atomic E-state index is 13.0. The van der Waals surface area contributed by atoms with Crippen LogP contribution in [-0.4, -0.2) is 50.7 Å². The molecular weight excluding hydrogens is 464 g/mol. The van der Waals surface area contributed by atoms with Gasteiger partial charge in [-0.2, -0.15) is 0 Å². The number of benzene rings is 1. The highest BCUT2D eigenvalue weighted by atomic mass is 32.2. The molecule has 0 aromatic heterocycles. The lowest BCUT2D eigenvalue weighted by molar-refractivity contribution is -0.194. The Hall–Kier alpha value is -1.28. The molecule has 6 nitrogen and oxygen atoms in total. The van der Waals surface area contributed by atoms with E-state index in [1.54, 1.807) is 24.3 Å². The van der Waals surface area contributed by atoms with Crippen molar-refractivity contribution in [1.29, 1.82) is 0 Å². The van der Waals surface area contributed by atoms with Crippen LogP contribution in [-0.2, 0) is 25.1 Å². The van der Waals surface area contributed by atoms with Crippen molar-refractivity contribution in [2.45, 2.75) is 132 Å². The van der Waals surface area contributed by atoms with Crippen molar-refractivity contribution in [2.24, 2.45) is 0 Å². The summed E-state index contributed by atoms with van der Waals surface area (Å²) in [5.74, 6) is -1.26. The average molecular weight is 511 g/mol. The second-order valence-corrected chi connectivity index (χ2v) is 11.4. The number of carboxylic acids is 1. The predicted octanol–water partition coefficient (Wildman–Crippen LogP) is 6.14. The molecule has 0 spiro atoms. The van der Waals surface area contributed by atoms with Crippen molar-refractivity contribution in [3.63, 3.8) is 0 Å². The van der Waals surface area contributed by atoms with Crippen LogP contribution in [0, 0.1) is 6.92 Å². The number of hydrogen-bond donors (Lipinski definition) is 2. The van der Waals surface area contributed by atoms with Gasteiger partial charge in [-0.25, -0.2) is 0 Å². The summed E-state index contributed by atoms with van der Waals surface area (Å²) in [4.78, 5) is 12.4. The molecule has 1 aromatic carbocycles. The van der Waals surface area contributed by atoms with Crippen molar-refractivity contribution >= 4 is 16.8 Å². The van der Waals surface area contributed by atoms with Crippen LogP contribution < -0.4 is 0 Å². The highest BCUT2D eigenvalue weighted by molar-refractivity contribution is 7.86. The molecule has 1 aliphatic heterocycles. The molecule has 7 heteroatoms. The summed E-state index contributed by atoms with van der Waals surface area (Å²) in [6.07, 6.45) is 12.7. The van der Waals surface area contributed by atoms with Crippen molar-refractivity contribution < 1.29 is 28.7 Å². The number of hydrogen-bond acceptors (Lipinski definition) is 5. The van der Waals surface area contributed by atoms with Gasteiger partial charge in [-0.15, -0.1) is 0 Å². The van der Waals surface area contributed by atoms with E-state index in [2.05, 4.69) is 6.92 Å². The van der Waals surface area contributed by atoms with Crippen LogP contribution >= 0.6 is 0 Å². The largest absolute Gasteiger partial charge is 0.480 e. The number of aliphatic carboxylic acids is 1. The van der Waals surface area contributed by atoms with Gasteiger partial charge in [0.15, 0.2) is 11.5 Å². The number of aryl methyl sites for hydroxylation is 1. The van der Waals surface area contributed by atoms with Crippen LogP contribution in [0.2, 0.25) is 0 Å². The fourth-order valence-corrected chi connectivity index (χ4v) is 5.85. The van der Waals surface area contributed by atoms with Crippen molar-refractivity contribution in [3.05, 3.63) is 29.8 Å². The summed E-state index contributed by atoms with van der Waals surface area (Å²) in [7, 11) is -1.86. The third-order valence-electron chi connectivity index (χ3n) is 6.69. The number of carboxylic acid groups (broad SMARTS) is 1. The van der Waals surface area contributed by atoms with E-state index in [9.17, 15) is 19.2 Å². The quantitative estimate of drug-likeness (QED) is 0.230. The lowest BCUT2D eigenvalue weighted by atomic mass is 10.0. The van der Waals surface area contributed by atoms with Crippen LogP contribution in [0.5, 0.6) is 0 Å². The monoisotopic (exact) mass is 510 g/mol. The molecular formula is C28H46O6S. The minimum atomic E-state index is -1.86. The number of rotatable bonds is 18. The van der Waals surface area contributed by atoms with Crippen LogP contribution in [0.1, 0.15) is 102 Å². The summed E-state index contributed by atoms with van der Waals surface area (Å²) in [5.41, 5.74) is 1.00. The molecule has 1 aromatic rings. The topological polar surface area (TPSA) is 93.1 Å². The molecule has 35 heavy (non-hydrogen) atoms. The van der Waals surface area contributed by atoms with Crippen LogP contribution in [0.3, 0.4) is 0 Å². The summed E-state index contributed by atoms with van der Waals surface area (Å²) in [6.45, 7) is 4.80. The molecule has 0 radical (unpaired) electrons. The molecule has 2 N–H and O–H groups in total. The summed E-state index contributed by atoms with van der Waals surface area (Å²) >= 11 is 0. The second kappa shape index (κ2) is 17.2. The van der Waals surface area contributed by atoms with Gasteiger partial charge in [-0.1, -0.05) is 82.4 Å². The van der Waals surface area contributed by atoms with Gasteiger partial charge in [0, 0.05) is 17.9 Å². The van der Waals surface area contributed by atoms with E-state index in [4.69, 9.17) is 9.47 Å².